The van der Waals surface area contributed by atoms with Crippen LogP contribution >= 0.6 is 7.82 Å². The minimum atomic E-state index is -4.58. The van der Waals surface area contributed by atoms with E-state index >= 15 is 0 Å². The van der Waals surface area contributed by atoms with Gasteiger partial charge in [0, 0.05) is 6.42 Å². The largest absolute Gasteiger partial charge is 0.756 e. The van der Waals surface area contributed by atoms with Gasteiger partial charge in [-0.15, -0.1) is 0 Å². The number of allylic oxidation sites excluding steroid dienone is 4. The minimum Gasteiger partial charge on any atom is -0.756 e. The van der Waals surface area contributed by atoms with Gasteiger partial charge < -0.3 is 38.1 Å². The van der Waals surface area contributed by atoms with Gasteiger partial charge in [0.2, 0.25) is 0 Å². The summed E-state index contributed by atoms with van der Waals surface area (Å²) in [6, 6.07) is 0. The number of esters is 1. The first-order valence-electron chi connectivity index (χ1n) is 21.9. The summed E-state index contributed by atoms with van der Waals surface area (Å²) in [5.41, 5.74) is 0. The Morgan fingerprint density at radius 1 is 0.655 bits per heavy atom. The van der Waals surface area contributed by atoms with Gasteiger partial charge in [-0.25, -0.2) is 0 Å². The van der Waals surface area contributed by atoms with Crippen molar-refractivity contribution in [1.82, 2.24) is 0 Å². The molecule has 0 radical (unpaired) electrons. The molecule has 2 N–H and O–H groups in total. The molecule has 0 spiro atoms. The Balaban J connectivity index is 4.44. The molecule has 4 atom stereocenters. The number of phosphoric ester groups is 1. The fourth-order valence-corrected chi connectivity index (χ4v) is 6.55. The normalized spacial score (nSPS) is 15.2. The van der Waals surface area contributed by atoms with Crippen molar-refractivity contribution in [1.29, 1.82) is 0 Å². The van der Waals surface area contributed by atoms with Crippen molar-refractivity contribution in [2.75, 3.05) is 47.5 Å². The number of carbonyl (C=O) groups is 1. The summed E-state index contributed by atoms with van der Waals surface area (Å²) < 4.78 is 34.2. The van der Waals surface area contributed by atoms with Gasteiger partial charge >= 0.3 is 5.97 Å². The summed E-state index contributed by atoms with van der Waals surface area (Å²) in [7, 11) is 1.22. The Morgan fingerprint density at radius 2 is 1.16 bits per heavy atom. The zero-order valence-corrected chi connectivity index (χ0v) is 36.7. The number of aliphatic hydroxyl groups excluding tert-OH is 2. The Bertz CT molecular complexity index is 1010. The molecular weight excluding hydrogens is 717 g/mol. The molecule has 0 aromatic rings. The third kappa shape index (κ3) is 39.1. The molecule has 0 saturated heterocycles. The van der Waals surface area contributed by atoms with Gasteiger partial charge in [-0.2, -0.15) is 0 Å². The van der Waals surface area contributed by atoms with Crippen LogP contribution in [0.3, 0.4) is 0 Å². The van der Waals surface area contributed by atoms with Gasteiger partial charge in [0.15, 0.2) is 6.10 Å². The maximum atomic E-state index is 12.7. The summed E-state index contributed by atoms with van der Waals surface area (Å²) in [5, 5.41) is 20.5. The second-order valence-electron chi connectivity index (χ2n) is 16.1. The highest BCUT2D eigenvalue weighted by Gasteiger charge is 2.20. The molecule has 0 saturated carbocycles. The Kier molecular flexibility index (Phi) is 35.8. The van der Waals surface area contributed by atoms with Gasteiger partial charge in [-0.1, -0.05) is 122 Å². The van der Waals surface area contributed by atoms with E-state index in [1.807, 2.05) is 33.3 Å². The first-order chi connectivity index (χ1) is 26.4. The predicted octanol–water partition coefficient (Wildman–Crippen LogP) is 10.3. The first-order valence-corrected chi connectivity index (χ1v) is 23.4. The van der Waals surface area contributed by atoms with Crippen molar-refractivity contribution in [3.8, 4) is 0 Å². The quantitative estimate of drug-likeness (QED) is 0.0155. The van der Waals surface area contributed by atoms with Crippen LogP contribution in [0.5, 0.6) is 0 Å². The fourth-order valence-electron chi connectivity index (χ4n) is 5.82. The maximum Gasteiger partial charge on any atom is 0.306 e. The van der Waals surface area contributed by atoms with Crippen LogP contribution in [0.25, 0.3) is 0 Å². The van der Waals surface area contributed by atoms with E-state index in [0.29, 0.717) is 30.3 Å². The SMILES string of the molecule is CCCCC/C=C\C[C@H](O)[C@@H](O)CCCCCCCC(=O)O[C@H](CO/C=C/CCCCCC/C=C\CCCCCCCC)COP(=O)([O-])OCC[N+](C)(C)C. The topological polar surface area (TPSA) is 135 Å². The van der Waals surface area contributed by atoms with E-state index in [-0.39, 0.29) is 26.2 Å². The average molecular weight is 802 g/mol. The highest BCUT2D eigenvalue weighted by atomic mass is 31.2. The van der Waals surface area contributed by atoms with Crippen molar-refractivity contribution in [2.45, 2.75) is 193 Å². The molecule has 0 aliphatic rings. The molecule has 0 aliphatic heterocycles. The van der Waals surface area contributed by atoms with Gasteiger partial charge in [0.05, 0.1) is 46.2 Å². The summed E-state index contributed by atoms with van der Waals surface area (Å²) in [6.45, 7) is 4.47. The molecule has 1 unspecified atom stereocenters. The summed E-state index contributed by atoms with van der Waals surface area (Å²) in [6.07, 6.45) is 35.5. The number of unbranched alkanes of at least 4 members (excludes halogenated alkanes) is 18. The highest BCUT2D eigenvalue weighted by molar-refractivity contribution is 7.45. The van der Waals surface area contributed by atoms with Gasteiger partial charge in [0.1, 0.15) is 19.8 Å². The molecule has 55 heavy (non-hydrogen) atoms. The van der Waals surface area contributed by atoms with Crippen molar-refractivity contribution < 1.29 is 47.5 Å². The molecule has 0 amide bonds. The Hall–Kier alpha value is -1.52. The molecule has 0 fully saturated rings. The lowest BCUT2D eigenvalue weighted by molar-refractivity contribution is -0.870. The molecule has 0 rings (SSSR count). The zero-order valence-electron chi connectivity index (χ0n) is 35.8. The lowest BCUT2D eigenvalue weighted by atomic mass is 10.0. The molecule has 0 aliphatic carbocycles. The number of aliphatic hydroxyl groups is 2. The molecule has 0 aromatic carbocycles. The van der Waals surface area contributed by atoms with Crippen LogP contribution in [0.2, 0.25) is 0 Å². The van der Waals surface area contributed by atoms with Gasteiger partial charge in [-0.05, 0) is 76.7 Å². The molecule has 324 valence electrons. The van der Waals surface area contributed by atoms with Crippen LogP contribution in [0.15, 0.2) is 36.6 Å². The van der Waals surface area contributed by atoms with Crippen LogP contribution in [-0.2, 0) is 27.9 Å². The second kappa shape index (κ2) is 36.8. The number of carbonyl (C=O) groups excluding carboxylic acids is 1. The van der Waals surface area contributed by atoms with Crippen molar-refractivity contribution in [2.24, 2.45) is 0 Å². The molecule has 0 bridgehead atoms. The molecule has 0 aromatic heterocycles. The number of hydrogen-bond donors (Lipinski definition) is 2. The lowest BCUT2D eigenvalue weighted by Crippen LogP contribution is -2.37. The van der Waals surface area contributed by atoms with Gasteiger partial charge in [-0.3, -0.25) is 9.36 Å². The van der Waals surface area contributed by atoms with Crippen LogP contribution < -0.4 is 4.89 Å². The number of ether oxygens (including phenoxy) is 2. The molecular formula is C44H84NO9P. The van der Waals surface area contributed by atoms with Crippen molar-refractivity contribution in [3.63, 3.8) is 0 Å². The van der Waals surface area contributed by atoms with Gasteiger partial charge in [0.25, 0.3) is 7.82 Å². The maximum absolute atomic E-state index is 12.7. The number of hydrogen-bond acceptors (Lipinski definition) is 9. The number of quaternary nitrogens is 1. The number of likely N-dealkylation sites (N-methyl/N-ethyl adjacent to an activating group) is 1. The van der Waals surface area contributed by atoms with E-state index < -0.39 is 32.1 Å². The summed E-state index contributed by atoms with van der Waals surface area (Å²) in [4.78, 5) is 25.0. The van der Waals surface area contributed by atoms with Crippen molar-refractivity contribution >= 4 is 13.8 Å². The Morgan fingerprint density at radius 3 is 1.78 bits per heavy atom. The fraction of sp³-hybridized carbons (Fsp3) is 0.841. The summed E-state index contributed by atoms with van der Waals surface area (Å²) in [5.74, 6) is -0.439. The number of rotatable bonds is 40. The van der Waals surface area contributed by atoms with E-state index in [4.69, 9.17) is 18.5 Å². The zero-order chi connectivity index (χ0) is 40.9. The van der Waals surface area contributed by atoms with E-state index in [2.05, 4.69) is 32.1 Å². The third-order valence-electron chi connectivity index (χ3n) is 9.43. The van der Waals surface area contributed by atoms with Crippen LogP contribution in [0.1, 0.15) is 174 Å². The van der Waals surface area contributed by atoms with E-state index in [0.717, 1.165) is 64.2 Å². The van der Waals surface area contributed by atoms with E-state index in [1.54, 1.807) is 6.26 Å². The average Bonchev–Trinajstić information content (AvgIpc) is 3.13. The smallest absolute Gasteiger partial charge is 0.306 e. The molecule has 11 heteroatoms. The van der Waals surface area contributed by atoms with Crippen molar-refractivity contribution in [3.05, 3.63) is 36.6 Å². The lowest BCUT2D eigenvalue weighted by Gasteiger charge is -2.28. The first kappa shape index (κ1) is 53.5. The number of nitrogens with zero attached hydrogens (tertiary/aromatic N) is 1. The predicted molar refractivity (Wildman–Crippen MR) is 224 cm³/mol. The standard InChI is InChI=1S/C44H84NO9P/c1-6-8-10-12-14-15-16-17-18-19-20-21-22-23-28-32-37-51-39-41(40-53-55(49,50)52-38-36-45(3,4)5)54-44(48)35-31-27-24-26-30-34-43(47)42(46)33-29-25-13-11-9-7-2/h17-18,25,29,32,37,41-43,46-47H,6-16,19-24,26-28,30-31,33-36,38-40H2,1-5H3/b18-17-,29-25-,37-32+/t41-,42+,43+/m1/s1. The van der Waals surface area contributed by atoms with Crippen LogP contribution in [-0.4, -0.2) is 86.5 Å². The van der Waals surface area contributed by atoms with E-state index in [9.17, 15) is 24.5 Å². The van der Waals surface area contributed by atoms with Crippen LogP contribution in [0.4, 0.5) is 0 Å². The van der Waals surface area contributed by atoms with E-state index in [1.165, 1.54) is 70.6 Å². The second-order valence-corrected chi connectivity index (χ2v) is 17.5. The highest BCUT2D eigenvalue weighted by Crippen LogP contribution is 2.38. The minimum absolute atomic E-state index is 0.0139. The summed E-state index contributed by atoms with van der Waals surface area (Å²) >= 11 is 0. The molecule has 0 heterocycles. The van der Waals surface area contributed by atoms with Crippen LogP contribution in [0, 0.1) is 0 Å². The molecule has 10 nitrogen and oxygen atoms in total. The number of phosphoric acid groups is 1. The monoisotopic (exact) mass is 802 g/mol. The Labute approximate surface area is 337 Å². The third-order valence-corrected chi connectivity index (χ3v) is 10.4.